The van der Waals surface area contributed by atoms with E-state index in [2.05, 4.69) is 14.7 Å². The highest BCUT2D eigenvalue weighted by molar-refractivity contribution is 7.89. The molecule has 0 aliphatic rings. The minimum Gasteiger partial charge on any atom is -0.392 e. The first kappa shape index (κ1) is 15.0. The minimum atomic E-state index is -3.72. The molecule has 0 unspecified atom stereocenters. The van der Waals surface area contributed by atoms with E-state index in [1.54, 1.807) is 13.0 Å². The molecule has 0 aliphatic carbocycles. The van der Waals surface area contributed by atoms with Gasteiger partial charge in [-0.3, -0.25) is 0 Å². The van der Waals surface area contributed by atoms with Crippen molar-refractivity contribution in [1.29, 1.82) is 0 Å². The lowest BCUT2D eigenvalue weighted by molar-refractivity contribution is 0.280. The van der Waals surface area contributed by atoms with E-state index < -0.39 is 10.0 Å². The van der Waals surface area contributed by atoms with Crippen molar-refractivity contribution in [3.63, 3.8) is 0 Å². The molecule has 0 bridgehead atoms. The van der Waals surface area contributed by atoms with Gasteiger partial charge in [0.15, 0.2) is 0 Å². The van der Waals surface area contributed by atoms with Gasteiger partial charge in [0.2, 0.25) is 10.0 Å². The molecule has 0 fully saturated rings. The molecule has 0 aliphatic heterocycles. The van der Waals surface area contributed by atoms with Crippen LogP contribution < -0.4 is 4.72 Å². The van der Waals surface area contributed by atoms with Crippen LogP contribution in [0, 0.1) is 6.92 Å². The van der Waals surface area contributed by atoms with E-state index in [9.17, 15) is 13.5 Å². The molecule has 6 nitrogen and oxygen atoms in total. The number of imidazole rings is 1. The van der Waals surface area contributed by atoms with Crippen LogP contribution in [0.25, 0.3) is 0 Å². The Morgan fingerprint density at radius 1 is 1.45 bits per heavy atom. The number of aliphatic hydroxyl groups excluding tert-OH is 1. The molecule has 0 radical (unpaired) electrons. The highest BCUT2D eigenvalue weighted by Gasteiger charge is 2.19. The molecule has 0 saturated heterocycles. The fraction of sp³-hybridized carbons (Fsp3) is 0.250. The predicted molar refractivity (Wildman–Crippen MR) is 74.7 cm³/mol. The number of halogens is 1. The van der Waals surface area contributed by atoms with Gasteiger partial charge in [-0.05, 0) is 30.2 Å². The summed E-state index contributed by atoms with van der Waals surface area (Å²) in [6, 6.07) is 2.91. The number of H-pyrrole nitrogens is 1. The van der Waals surface area contributed by atoms with Crippen LogP contribution in [0.1, 0.15) is 16.8 Å². The maximum absolute atomic E-state index is 12.3. The van der Waals surface area contributed by atoms with Gasteiger partial charge >= 0.3 is 0 Å². The number of hydrogen-bond donors (Lipinski definition) is 3. The van der Waals surface area contributed by atoms with Gasteiger partial charge < -0.3 is 10.1 Å². The SMILES string of the molecule is Cc1c(CO)cc(Cl)cc1S(=O)(=O)NCc1cnc[nH]1. The number of nitrogens with one attached hydrogen (secondary N) is 2. The number of hydrogen-bond acceptors (Lipinski definition) is 4. The molecule has 8 heteroatoms. The van der Waals surface area contributed by atoms with Crippen LogP contribution in [-0.2, 0) is 23.2 Å². The van der Waals surface area contributed by atoms with E-state index in [4.69, 9.17) is 11.6 Å². The Bertz CT molecular complexity index is 699. The minimum absolute atomic E-state index is 0.0635. The predicted octanol–water partition coefficient (Wildman–Crippen LogP) is 1.34. The van der Waals surface area contributed by atoms with Crippen LogP contribution in [0.15, 0.2) is 29.6 Å². The van der Waals surface area contributed by atoms with Gasteiger partial charge in [-0.15, -0.1) is 0 Å². The fourth-order valence-electron chi connectivity index (χ4n) is 1.78. The monoisotopic (exact) mass is 315 g/mol. The van der Waals surface area contributed by atoms with E-state index in [0.29, 0.717) is 16.8 Å². The van der Waals surface area contributed by atoms with Crippen molar-refractivity contribution in [2.24, 2.45) is 0 Å². The van der Waals surface area contributed by atoms with Gasteiger partial charge in [0, 0.05) is 16.9 Å². The Labute approximate surface area is 121 Å². The van der Waals surface area contributed by atoms with Crippen molar-refractivity contribution in [3.05, 3.63) is 46.5 Å². The molecule has 2 aromatic rings. The first-order valence-corrected chi connectivity index (χ1v) is 7.67. The maximum Gasteiger partial charge on any atom is 0.241 e. The quantitative estimate of drug-likeness (QED) is 0.776. The molecule has 1 heterocycles. The van der Waals surface area contributed by atoms with Crippen LogP contribution in [0.5, 0.6) is 0 Å². The summed E-state index contributed by atoms with van der Waals surface area (Å²) in [6.45, 7) is 1.46. The molecule has 1 aromatic carbocycles. The summed E-state index contributed by atoms with van der Waals surface area (Å²) in [4.78, 5) is 6.68. The molecule has 0 saturated carbocycles. The van der Waals surface area contributed by atoms with Gasteiger partial charge in [-0.25, -0.2) is 18.1 Å². The second-order valence-electron chi connectivity index (χ2n) is 4.25. The van der Waals surface area contributed by atoms with Gasteiger partial charge in [0.1, 0.15) is 0 Å². The summed E-state index contributed by atoms with van der Waals surface area (Å²) < 4.78 is 27.0. The smallest absolute Gasteiger partial charge is 0.241 e. The van der Waals surface area contributed by atoms with Crippen LogP contribution >= 0.6 is 11.6 Å². The van der Waals surface area contributed by atoms with Crippen LogP contribution in [-0.4, -0.2) is 23.5 Å². The number of aliphatic hydroxyl groups is 1. The standard InChI is InChI=1S/C12H14ClN3O3S/c1-8-9(6-17)2-10(13)3-12(8)20(18,19)16-5-11-4-14-7-15-11/h2-4,7,16-17H,5-6H2,1H3,(H,14,15). The molecule has 20 heavy (non-hydrogen) atoms. The number of rotatable bonds is 5. The van der Waals surface area contributed by atoms with Crippen molar-refractivity contribution in [1.82, 2.24) is 14.7 Å². The Morgan fingerprint density at radius 3 is 2.80 bits per heavy atom. The second-order valence-corrected chi connectivity index (χ2v) is 6.42. The Morgan fingerprint density at radius 2 is 2.20 bits per heavy atom. The van der Waals surface area contributed by atoms with Crippen LogP contribution in [0.2, 0.25) is 5.02 Å². The summed E-state index contributed by atoms with van der Waals surface area (Å²) in [7, 11) is -3.72. The number of aromatic amines is 1. The Hall–Kier alpha value is -1.41. The molecule has 108 valence electrons. The summed E-state index contributed by atoms with van der Waals surface area (Å²) in [5.74, 6) is 0. The normalized spacial score (nSPS) is 11.8. The van der Waals surface area contributed by atoms with Crippen molar-refractivity contribution < 1.29 is 13.5 Å². The topological polar surface area (TPSA) is 95.1 Å². The van der Waals surface area contributed by atoms with Crippen LogP contribution in [0.4, 0.5) is 0 Å². The molecular formula is C12H14ClN3O3S. The molecular weight excluding hydrogens is 302 g/mol. The van der Waals surface area contributed by atoms with E-state index >= 15 is 0 Å². The third-order valence-electron chi connectivity index (χ3n) is 2.90. The van der Waals surface area contributed by atoms with Crippen molar-refractivity contribution in [3.8, 4) is 0 Å². The maximum atomic E-state index is 12.3. The number of aromatic nitrogens is 2. The summed E-state index contributed by atoms with van der Waals surface area (Å²) >= 11 is 5.89. The van der Waals surface area contributed by atoms with E-state index in [-0.39, 0.29) is 23.1 Å². The van der Waals surface area contributed by atoms with Crippen molar-refractivity contribution in [2.75, 3.05) is 0 Å². The molecule has 3 N–H and O–H groups in total. The highest BCUT2D eigenvalue weighted by Crippen LogP contribution is 2.24. The molecule has 1 aromatic heterocycles. The van der Waals surface area contributed by atoms with Gasteiger partial charge in [-0.2, -0.15) is 0 Å². The van der Waals surface area contributed by atoms with Gasteiger partial charge in [-0.1, -0.05) is 11.6 Å². The molecule has 2 rings (SSSR count). The highest BCUT2D eigenvalue weighted by atomic mass is 35.5. The van der Waals surface area contributed by atoms with E-state index in [0.717, 1.165) is 0 Å². The largest absolute Gasteiger partial charge is 0.392 e. The average Bonchev–Trinajstić information content (AvgIpc) is 2.92. The Balaban J connectivity index is 2.31. The average molecular weight is 316 g/mol. The third-order valence-corrected chi connectivity index (χ3v) is 4.65. The first-order chi connectivity index (χ1) is 9.44. The number of nitrogens with zero attached hydrogens (tertiary/aromatic N) is 1. The van der Waals surface area contributed by atoms with E-state index in [1.165, 1.54) is 18.6 Å². The summed E-state index contributed by atoms with van der Waals surface area (Å²) in [5.41, 5.74) is 1.61. The molecule has 0 atom stereocenters. The second kappa shape index (κ2) is 5.92. The zero-order chi connectivity index (χ0) is 14.8. The third kappa shape index (κ3) is 3.18. The van der Waals surface area contributed by atoms with Crippen molar-refractivity contribution in [2.45, 2.75) is 25.0 Å². The van der Waals surface area contributed by atoms with Crippen LogP contribution in [0.3, 0.4) is 0 Å². The molecule has 0 amide bonds. The zero-order valence-electron chi connectivity index (χ0n) is 10.7. The summed E-state index contributed by atoms with van der Waals surface area (Å²) in [5, 5.41) is 9.49. The lowest BCUT2D eigenvalue weighted by Crippen LogP contribution is -2.24. The number of benzene rings is 1. The lowest BCUT2D eigenvalue weighted by Gasteiger charge is -2.12. The first-order valence-electron chi connectivity index (χ1n) is 5.81. The fourth-order valence-corrected chi connectivity index (χ4v) is 3.41. The summed E-state index contributed by atoms with van der Waals surface area (Å²) in [6.07, 6.45) is 3.00. The van der Waals surface area contributed by atoms with Crippen molar-refractivity contribution >= 4 is 21.6 Å². The molecule has 0 spiro atoms. The van der Waals surface area contributed by atoms with E-state index in [1.807, 2.05) is 0 Å². The number of sulfonamides is 1. The Kier molecular flexibility index (Phi) is 4.44. The lowest BCUT2D eigenvalue weighted by atomic mass is 10.1. The van der Waals surface area contributed by atoms with Gasteiger partial charge in [0.25, 0.3) is 0 Å². The zero-order valence-corrected chi connectivity index (χ0v) is 12.3. The van der Waals surface area contributed by atoms with Gasteiger partial charge in [0.05, 0.1) is 24.4 Å².